The molecule has 4 amide bonds. The molecular weight excluding hydrogens is 728 g/mol. The van der Waals surface area contributed by atoms with Gasteiger partial charge in [0.15, 0.2) is 0 Å². The quantitative estimate of drug-likeness (QED) is 0.361. The van der Waals surface area contributed by atoms with Crippen molar-refractivity contribution in [2.45, 2.75) is 63.7 Å². The third-order valence-corrected chi connectivity index (χ3v) is 13.6. The Balaban J connectivity index is 0.733. The van der Waals surface area contributed by atoms with Crippen LogP contribution >= 0.6 is 11.6 Å². The highest BCUT2D eigenvalue weighted by molar-refractivity contribution is 6.32. The number of imide groups is 1. The molecule has 0 aromatic heterocycles. The number of nitrogens with zero attached hydrogens (tertiary/aromatic N) is 7. The number of anilines is 3. The summed E-state index contributed by atoms with van der Waals surface area (Å²) in [4.78, 5) is 64.0. The van der Waals surface area contributed by atoms with Crippen LogP contribution in [0.2, 0.25) is 5.02 Å². The first-order valence-corrected chi connectivity index (χ1v) is 20.3. The molecule has 1 spiro atoms. The summed E-state index contributed by atoms with van der Waals surface area (Å²) in [5.41, 5.74) is 6.39. The zero-order chi connectivity index (χ0) is 38.7. The molecule has 5 fully saturated rings. The molecule has 6 heterocycles. The lowest BCUT2D eigenvalue weighted by molar-refractivity contribution is -0.136. The molecule has 3 aromatic carbocycles. The first kappa shape index (κ1) is 36.5. The molecule has 0 bridgehead atoms. The summed E-state index contributed by atoms with van der Waals surface area (Å²) in [6.07, 6.45) is 3.97. The van der Waals surface area contributed by atoms with Crippen molar-refractivity contribution in [1.29, 1.82) is 5.26 Å². The molecule has 6 aliphatic heterocycles. The average molecular weight is 775 g/mol. The second kappa shape index (κ2) is 14.4. The summed E-state index contributed by atoms with van der Waals surface area (Å²) in [5, 5.41) is 12.2. The van der Waals surface area contributed by atoms with Gasteiger partial charge in [0.2, 0.25) is 11.8 Å². The number of nitriles is 1. The number of benzene rings is 3. The fourth-order valence-corrected chi connectivity index (χ4v) is 10.2. The molecule has 2 atom stereocenters. The van der Waals surface area contributed by atoms with E-state index in [9.17, 15) is 24.4 Å². The number of halogens is 1. The van der Waals surface area contributed by atoms with Crippen LogP contribution in [0.25, 0.3) is 0 Å². The average Bonchev–Trinajstić information content (AvgIpc) is 3.69. The van der Waals surface area contributed by atoms with Crippen molar-refractivity contribution in [3.8, 4) is 6.07 Å². The lowest BCUT2D eigenvalue weighted by Gasteiger charge is -2.49. The Morgan fingerprint density at radius 1 is 0.857 bits per heavy atom. The van der Waals surface area contributed by atoms with Crippen LogP contribution in [0.4, 0.5) is 17.1 Å². The molecule has 0 radical (unpaired) electrons. The van der Waals surface area contributed by atoms with Crippen LogP contribution in [0.15, 0.2) is 60.7 Å². The molecule has 56 heavy (non-hydrogen) atoms. The summed E-state index contributed by atoms with van der Waals surface area (Å²) in [5.74, 6) is -0.740. The second-order valence-corrected chi connectivity index (χ2v) is 17.0. The van der Waals surface area contributed by atoms with Crippen LogP contribution in [-0.4, -0.2) is 115 Å². The van der Waals surface area contributed by atoms with E-state index in [2.05, 4.69) is 56.1 Å². The maximum absolute atomic E-state index is 13.6. The number of fused-ring (bicyclic) bond motifs is 1. The standard InChI is InChI=1S/C43H47ClN8O4/c1-28-22-43(27-52(28)34-7-4-30(23-45)37(44)21-34)12-14-47(15-13-43)32-5-2-29(3-6-32)41(55)49-18-16-48(17-19-49)35-25-50(26-35)33-8-9-36-31(20-33)24-51(42(36)56)38-10-11-39(53)46-40(38)54/h2-9,20-21,28,35,38H,10-19,22,24-27H2,1H3,(H,46,53,54). The van der Waals surface area contributed by atoms with Crippen LogP contribution < -0.4 is 20.0 Å². The zero-order valence-electron chi connectivity index (χ0n) is 31.8. The molecule has 5 saturated heterocycles. The lowest BCUT2D eigenvalue weighted by atomic mass is 9.76. The first-order valence-electron chi connectivity index (χ1n) is 20.0. The normalized spacial score (nSPS) is 24.0. The molecule has 0 saturated carbocycles. The third-order valence-electron chi connectivity index (χ3n) is 13.3. The van der Waals surface area contributed by atoms with Crippen molar-refractivity contribution in [2.24, 2.45) is 5.41 Å². The summed E-state index contributed by atoms with van der Waals surface area (Å²) in [6, 6.07) is 22.3. The van der Waals surface area contributed by atoms with E-state index < -0.39 is 11.9 Å². The minimum Gasteiger partial charge on any atom is -0.371 e. The van der Waals surface area contributed by atoms with Gasteiger partial charge in [-0.25, -0.2) is 0 Å². The Kier molecular flexibility index (Phi) is 9.41. The zero-order valence-corrected chi connectivity index (χ0v) is 32.5. The highest BCUT2D eigenvalue weighted by Crippen LogP contribution is 2.46. The van der Waals surface area contributed by atoms with Gasteiger partial charge in [-0.3, -0.25) is 29.4 Å². The third kappa shape index (κ3) is 6.64. The van der Waals surface area contributed by atoms with Crippen molar-refractivity contribution in [3.05, 3.63) is 87.9 Å². The topological polar surface area (TPSA) is 124 Å². The van der Waals surface area contributed by atoms with Gasteiger partial charge in [-0.2, -0.15) is 5.26 Å². The van der Waals surface area contributed by atoms with Crippen LogP contribution in [0.1, 0.15) is 70.9 Å². The molecule has 13 heteroatoms. The summed E-state index contributed by atoms with van der Waals surface area (Å²) >= 11 is 6.38. The lowest BCUT2D eigenvalue weighted by Crippen LogP contribution is -2.63. The fraction of sp³-hybridized carbons (Fsp3) is 0.465. The van der Waals surface area contributed by atoms with Crippen LogP contribution in [0.3, 0.4) is 0 Å². The summed E-state index contributed by atoms with van der Waals surface area (Å²) in [6.45, 7) is 10.5. The minimum absolute atomic E-state index is 0.0889. The SMILES string of the molecule is CC1CC2(CCN(c3ccc(C(=O)N4CCN(C5CN(c6ccc7c(c6)CN(C6CCC(=O)NC6=O)C7=O)C5)CC4)cc3)CC2)CN1c1ccc(C#N)c(Cl)c1. The molecule has 6 aliphatic rings. The number of hydrogen-bond donors (Lipinski definition) is 1. The number of amides is 4. The van der Waals surface area contributed by atoms with E-state index in [1.807, 2.05) is 47.4 Å². The van der Waals surface area contributed by atoms with Crippen LogP contribution in [-0.2, 0) is 16.1 Å². The largest absolute Gasteiger partial charge is 0.371 e. The Bertz CT molecular complexity index is 2110. The van der Waals surface area contributed by atoms with Gasteiger partial charge in [-0.1, -0.05) is 11.6 Å². The number of piperidine rings is 2. The molecule has 0 aliphatic carbocycles. The highest BCUT2D eigenvalue weighted by atomic mass is 35.5. The van der Waals surface area contributed by atoms with E-state index in [0.717, 1.165) is 87.6 Å². The second-order valence-electron chi connectivity index (χ2n) is 16.6. The summed E-state index contributed by atoms with van der Waals surface area (Å²) < 4.78 is 0. The van der Waals surface area contributed by atoms with Crippen molar-refractivity contribution in [1.82, 2.24) is 20.0 Å². The van der Waals surface area contributed by atoms with Gasteiger partial charge in [-0.15, -0.1) is 0 Å². The number of nitrogens with one attached hydrogen (secondary N) is 1. The van der Waals surface area contributed by atoms with Crippen LogP contribution in [0.5, 0.6) is 0 Å². The molecule has 2 unspecified atom stereocenters. The minimum atomic E-state index is -0.610. The van der Waals surface area contributed by atoms with Crippen molar-refractivity contribution in [3.63, 3.8) is 0 Å². The predicted molar refractivity (Wildman–Crippen MR) is 214 cm³/mol. The van der Waals surface area contributed by atoms with Crippen molar-refractivity contribution in [2.75, 3.05) is 73.6 Å². The first-order chi connectivity index (χ1) is 27.1. The molecule has 3 aromatic rings. The molecular formula is C43H47ClN8O4. The van der Waals surface area contributed by atoms with Crippen molar-refractivity contribution < 1.29 is 19.2 Å². The van der Waals surface area contributed by atoms with Gasteiger partial charge in [0, 0.05) is 112 Å². The van der Waals surface area contributed by atoms with E-state index in [-0.39, 0.29) is 29.6 Å². The van der Waals surface area contributed by atoms with E-state index in [1.54, 1.807) is 4.90 Å². The number of piperazine rings is 1. The van der Waals surface area contributed by atoms with E-state index in [0.29, 0.717) is 54.3 Å². The Morgan fingerprint density at radius 3 is 2.27 bits per heavy atom. The maximum Gasteiger partial charge on any atom is 0.255 e. The van der Waals surface area contributed by atoms with E-state index >= 15 is 0 Å². The molecule has 290 valence electrons. The Morgan fingerprint density at radius 2 is 1.57 bits per heavy atom. The maximum atomic E-state index is 13.6. The smallest absolute Gasteiger partial charge is 0.255 e. The Labute approximate surface area is 332 Å². The molecule has 9 rings (SSSR count). The summed E-state index contributed by atoms with van der Waals surface area (Å²) in [7, 11) is 0. The number of rotatable bonds is 6. The van der Waals surface area contributed by atoms with Gasteiger partial charge >= 0.3 is 0 Å². The van der Waals surface area contributed by atoms with E-state index in [1.165, 1.54) is 5.69 Å². The fourth-order valence-electron chi connectivity index (χ4n) is 9.98. The number of carbonyl (C=O) groups is 4. The highest BCUT2D eigenvalue weighted by Gasteiger charge is 2.45. The van der Waals surface area contributed by atoms with Crippen molar-refractivity contribution >= 4 is 52.3 Å². The van der Waals surface area contributed by atoms with Gasteiger partial charge in [0.1, 0.15) is 12.1 Å². The van der Waals surface area contributed by atoms with Gasteiger partial charge in [0.05, 0.1) is 10.6 Å². The molecule has 1 N–H and O–H groups in total. The van der Waals surface area contributed by atoms with Crippen LogP contribution in [0, 0.1) is 16.7 Å². The number of carbonyl (C=O) groups excluding carboxylic acids is 4. The van der Waals surface area contributed by atoms with Gasteiger partial charge < -0.3 is 24.5 Å². The predicted octanol–water partition coefficient (Wildman–Crippen LogP) is 4.50. The van der Waals surface area contributed by atoms with Gasteiger partial charge in [0.25, 0.3) is 11.8 Å². The van der Waals surface area contributed by atoms with E-state index in [4.69, 9.17) is 11.6 Å². The molecule has 12 nitrogen and oxygen atoms in total. The number of hydrogen-bond acceptors (Lipinski definition) is 9. The Hall–Kier alpha value is -5.12. The monoisotopic (exact) mass is 774 g/mol. The van der Waals surface area contributed by atoms with Gasteiger partial charge in [-0.05, 0) is 104 Å².